The number of para-hydroxylation sites is 1. The molecule has 29 heavy (non-hydrogen) atoms. The molecule has 0 radical (unpaired) electrons. The zero-order valence-electron chi connectivity index (χ0n) is 16.8. The van der Waals surface area contributed by atoms with Gasteiger partial charge in [0.25, 0.3) is 0 Å². The molecule has 148 valence electrons. The Bertz CT molecular complexity index is 973. The lowest BCUT2D eigenvalue weighted by atomic mass is 10.00. The maximum absolute atomic E-state index is 4.47. The Balaban J connectivity index is 1.29. The van der Waals surface area contributed by atoms with Crippen molar-refractivity contribution in [2.75, 3.05) is 26.7 Å². The number of guanidine groups is 1. The zero-order valence-corrected chi connectivity index (χ0v) is 16.8. The lowest BCUT2D eigenvalue weighted by Crippen LogP contribution is -2.44. The van der Waals surface area contributed by atoms with Crippen LogP contribution in [0.4, 0.5) is 0 Å². The predicted octanol–water partition coefficient (Wildman–Crippen LogP) is 3.78. The van der Waals surface area contributed by atoms with Crippen molar-refractivity contribution in [3.8, 4) is 5.69 Å². The van der Waals surface area contributed by atoms with E-state index in [9.17, 15) is 0 Å². The Morgan fingerprint density at radius 1 is 1.07 bits per heavy atom. The number of aliphatic imine (C=N–C) groups is 1. The van der Waals surface area contributed by atoms with Gasteiger partial charge in [0.15, 0.2) is 5.96 Å². The van der Waals surface area contributed by atoms with Crippen LogP contribution in [-0.2, 0) is 6.42 Å². The van der Waals surface area contributed by atoms with Gasteiger partial charge < -0.3 is 10.2 Å². The fourth-order valence-electron chi connectivity index (χ4n) is 3.64. The van der Waals surface area contributed by atoms with Crippen molar-refractivity contribution in [3.05, 3.63) is 90.3 Å². The molecule has 0 amide bonds. The highest BCUT2D eigenvalue weighted by Crippen LogP contribution is 2.21. The van der Waals surface area contributed by atoms with Gasteiger partial charge >= 0.3 is 0 Å². The minimum Gasteiger partial charge on any atom is -0.356 e. The van der Waals surface area contributed by atoms with Crippen molar-refractivity contribution in [1.82, 2.24) is 20.0 Å². The first-order valence-electron chi connectivity index (χ1n) is 10.1. The van der Waals surface area contributed by atoms with Crippen LogP contribution in [0.2, 0.25) is 0 Å². The van der Waals surface area contributed by atoms with Gasteiger partial charge in [-0.1, -0.05) is 54.6 Å². The summed E-state index contributed by atoms with van der Waals surface area (Å²) in [5.41, 5.74) is 5.04. The van der Waals surface area contributed by atoms with E-state index >= 15 is 0 Å². The molecule has 4 rings (SSSR count). The zero-order chi connectivity index (χ0) is 19.9. The van der Waals surface area contributed by atoms with Gasteiger partial charge in [-0.15, -0.1) is 0 Å². The van der Waals surface area contributed by atoms with Crippen LogP contribution in [0, 0.1) is 0 Å². The number of hydrogen-bond donors (Lipinski definition) is 1. The predicted molar refractivity (Wildman–Crippen MR) is 119 cm³/mol. The third-order valence-electron chi connectivity index (χ3n) is 5.22. The largest absolute Gasteiger partial charge is 0.356 e. The molecule has 1 aliphatic heterocycles. The van der Waals surface area contributed by atoms with Gasteiger partial charge in [-0.25, -0.2) is 4.68 Å². The van der Waals surface area contributed by atoms with Crippen molar-refractivity contribution >= 4 is 11.5 Å². The van der Waals surface area contributed by atoms with Crippen LogP contribution in [0.5, 0.6) is 0 Å². The minimum atomic E-state index is 0.832. The van der Waals surface area contributed by atoms with E-state index in [1.165, 1.54) is 16.7 Å². The number of aromatic nitrogens is 2. The maximum atomic E-state index is 4.47. The maximum Gasteiger partial charge on any atom is 0.193 e. The van der Waals surface area contributed by atoms with E-state index in [0.717, 1.165) is 44.1 Å². The number of nitrogens with one attached hydrogen (secondary N) is 1. The van der Waals surface area contributed by atoms with E-state index in [-0.39, 0.29) is 0 Å². The van der Waals surface area contributed by atoms with Crippen LogP contribution < -0.4 is 5.32 Å². The Morgan fingerprint density at radius 3 is 2.52 bits per heavy atom. The molecule has 0 bridgehead atoms. The highest BCUT2D eigenvalue weighted by Gasteiger charge is 2.16. The summed E-state index contributed by atoms with van der Waals surface area (Å²) < 4.78 is 1.92. The monoisotopic (exact) mass is 385 g/mol. The van der Waals surface area contributed by atoms with Crippen LogP contribution in [0.25, 0.3) is 11.3 Å². The molecule has 0 saturated carbocycles. The van der Waals surface area contributed by atoms with Gasteiger partial charge in [0.2, 0.25) is 0 Å². The molecule has 0 fully saturated rings. The Hall–Kier alpha value is -3.34. The first kappa shape index (κ1) is 19.0. The van der Waals surface area contributed by atoms with Crippen LogP contribution in [0.15, 0.2) is 84.1 Å². The Labute approximate surface area is 172 Å². The summed E-state index contributed by atoms with van der Waals surface area (Å²) >= 11 is 0. The van der Waals surface area contributed by atoms with Gasteiger partial charge in [-0.2, -0.15) is 5.10 Å². The summed E-state index contributed by atoms with van der Waals surface area (Å²) in [4.78, 5) is 6.78. The molecule has 0 unspecified atom stereocenters. The molecule has 1 N–H and O–H groups in total. The fourth-order valence-corrected chi connectivity index (χ4v) is 3.64. The molecule has 1 aliphatic rings. The van der Waals surface area contributed by atoms with Crippen molar-refractivity contribution in [3.63, 3.8) is 0 Å². The average molecular weight is 386 g/mol. The molecule has 5 nitrogen and oxygen atoms in total. The summed E-state index contributed by atoms with van der Waals surface area (Å²) in [6.07, 6.45) is 8.29. The van der Waals surface area contributed by atoms with Crippen LogP contribution in [0.1, 0.15) is 17.5 Å². The van der Waals surface area contributed by atoms with Gasteiger partial charge in [0.1, 0.15) is 0 Å². The molecule has 3 aromatic rings. The molecule has 0 saturated heterocycles. The summed E-state index contributed by atoms with van der Waals surface area (Å²) in [6, 6.07) is 20.8. The molecule has 2 aromatic carbocycles. The topological polar surface area (TPSA) is 45.5 Å². The number of hydrogen-bond acceptors (Lipinski definition) is 2. The smallest absolute Gasteiger partial charge is 0.193 e. The van der Waals surface area contributed by atoms with E-state index in [1.807, 2.05) is 36.1 Å². The average Bonchev–Trinajstić information content (AvgIpc) is 3.27. The quantitative estimate of drug-likeness (QED) is 0.537. The normalized spacial score (nSPS) is 14.6. The second-order valence-electron chi connectivity index (χ2n) is 7.14. The second kappa shape index (κ2) is 9.24. The van der Waals surface area contributed by atoms with Crippen molar-refractivity contribution in [2.24, 2.45) is 4.99 Å². The standard InChI is InChI=1S/C24H27N5/c1-25-24(28-16-13-22(14-17-28)21-8-4-2-5-9-21)26-15-12-20-18-27-29(19-20)23-10-6-3-7-11-23/h2-11,13,18-19H,12,14-17H2,1H3,(H,25,26). The molecule has 2 heterocycles. The van der Waals surface area contributed by atoms with Gasteiger partial charge in [0.05, 0.1) is 11.9 Å². The summed E-state index contributed by atoms with van der Waals surface area (Å²) in [7, 11) is 1.85. The molecular formula is C24H27N5. The molecular weight excluding hydrogens is 358 g/mol. The molecule has 0 spiro atoms. The van der Waals surface area contributed by atoms with E-state index in [0.29, 0.717) is 0 Å². The first-order chi connectivity index (χ1) is 14.3. The Morgan fingerprint density at radius 2 is 1.83 bits per heavy atom. The summed E-state index contributed by atoms with van der Waals surface area (Å²) in [5.74, 6) is 0.962. The van der Waals surface area contributed by atoms with Crippen molar-refractivity contribution < 1.29 is 0 Å². The minimum absolute atomic E-state index is 0.832. The molecule has 1 aromatic heterocycles. The van der Waals surface area contributed by atoms with E-state index in [4.69, 9.17) is 0 Å². The van der Waals surface area contributed by atoms with E-state index in [1.54, 1.807) is 0 Å². The number of rotatable bonds is 5. The summed E-state index contributed by atoms with van der Waals surface area (Å²) in [5, 5.41) is 7.97. The van der Waals surface area contributed by atoms with Crippen molar-refractivity contribution in [1.29, 1.82) is 0 Å². The third-order valence-corrected chi connectivity index (χ3v) is 5.22. The van der Waals surface area contributed by atoms with E-state index < -0.39 is 0 Å². The molecule has 0 aliphatic carbocycles. The van der Waals surface area contributed by atoms with E-state index in [2.05, 4.69) is 75.0 Å². The number of benzene rings is 2. The van der Waals surface area contributed by atoms with Crippen LogP contribution >= 0.6 is 0 Å². The molecule has 5 heteroatoms. The molecule has 0 atom stereocenters. The van der Waals surface area contributed by atoms with Gasteiger partial charge in [0, 0.05) is 32.9 Å². The van der Waals surface area contributed by atoms with Crippen LogP contribution in [-0.4, -0.2) is 47.3 Å². The third kappa shape index (κ3) is 4.74. The highest BCUT2D eigenvalue weighted by atomic mass is 15.3. The van der Waals surface area contributed by atoms with Crippen molar-refractivity contribution in [2.45, 2.75) is 12.8 Å². The van der Waals surface area contributed by atoms with Gasteiger partial charge in [-0.05, 0) is 41.7 Å². The SMILES string of the molecule is CN=C(NCCc1cnn(-c2ccccc2)c1)N1CC=C(c2ccccc2)CC1. The van der Waals surface area contributed by atoms with Crippen LogP contribution in [0.3, 0.4) is 0 Å². The highest BCUT2D eigenvalue weighted by molar-refractivity contribution is 5.81. The second-order valence-corrected chi connectivity index (χ2v) is 7.14. The summed E-state index contributed by atoms with van der Waals surface area (Å²) in [6.45, 7) is 2.70. The lowest BCUT2D eigenvalue weighted by Gasteiger charge is -2.29. The lowest BCUT2D eigenvalue weighted by molar-refractivity contribution is 0.440. The van der Waals surface area contributed by atoms with Gasteiger partial charge in [-0.3, -0.25) is 4.99 Å². The fraction of sp³-hybridized carbons (Fsp3) is 0.250. The number of nitrogens with zero attached hydrogens (tertiary/aromatic N) is 4. The Kier molecular flexibility index (Phi) is 6.05. The first-order valence-corrected chi connectivity index (χ1v) is 10.1.